The van der Waals surface area contributed by atoms with Gasteiger partial charge in [0.15, 0.2) is 5.65 Å². The number of nitrogens with zero attached hydrogens (tertiary/aromatic N) is 3. The van der Waals surface area contributed by atoms with Crippen LogP contribution >= 0.6 is 0 Å². The molecule has 4 fully saturated rings. The number of carbonyl (C=O) groups is 1. The Morgan fingerprint density at radius 1 is 1.17 bits per heavy atom. The van der Waals surface area contributed by atoms with Gasteiger partial charge in [-0.25, -0.2) is 0 Å². The van der Waals surface area contributed by atoms with Gasteiger partial charge in [-0.05, 0) is 75.3 Å². The minimum absolute atomic E-state index is 0.0510. The van der Waals surface area contributed by atoms with Gasteiger partial charge in [0.1, 0.15) is 5.82 Å². The molecule has 1 N–H and O–H groups in total. The highest BCUT2D eigenvalue weighted by atomic mass is 16.1. The molecule has 4 aliphatic rings. The summed E-state index contributed by atoms with van der Waals surface area (Å²) in [6.45, 7) is 1.91. The largest absolute Gasteiger partial charge is 0.347 e. The maximum Gasteiger partial charge on any atom is 0.251 e. The second-order valence-electron chi connectivity index (χ2n) is 8.04. The van der Waals surface area contributed by atoms with Crippen LogP contribution in [0.1, 0.15) is 54.7 Å². The van der Waals surface area contributed by atoms with Crippen molar-refractivity contribution in [3.8, 4) is 0 Å². The van der Waals surface area contributed by atoms with Crippen LogP contribution in [0.4, 0.5) is 0 Å². The maximum atomic E-state index is 12.8. The van der Waals surface area contributed by atoms with Crippen molar-refractivity contribution >= 4 is 11.6 Å². The molecule has 4 aliphatic carbocycles. The molecule has 23 heavy (non-hydrogen) atoms. The van der Waals surface area contributed by atoms with Crippen LogP contribution in [0.5, 0.6) is 0 Å². The third-order valence-electron chi connectivity index (χ3n) is 6.26. The Bertz CT molecular complexity index is 758. The molecule has 2 aromatic rings. The number of amides is 1. The van der Waals surface area contributed by atoms with E-state index in [1.54, 1.807) is 0 Å². The zero-order chi connectivity index (χ0) is 15.6. The number of nitrogens with one attached hydrogen (secondary N) is 1. The fourth-order valence-corrected chi connectivity index (χ4v) is 5.73. The van der Waals surface area contributed by atoms with E-state index in [1.807, 2.05) is 29.7 Å². The van der Waals surface area contributed by atoms with Crippen LogP contribution in [-0.2, 0) is 0 Å². The number of carbonyl (C=O) groups excluding carboxylic acids is 1. The Morgan fingerprint density at radius 3 is 2.48 bits per heavy atom. The van der Waals surface area contributed by atoms with E-state index < -0.39 is 0 Å². The first-order chi connectivity index (χ1) is 11.1. The Morgan fingerprint density at radius 2 is 1.83 bits per heavy atom. The van der Waals surface area contributed by atoms with E-state index in [0.717, 1.165) is 29.2 Å². The summed E-state index contributed by atoms with van der Waals surface area (Å²) in [4.78, 5) is 12.8. The summed E-state index contributed by atoms with van der Waals surface area (Å²) in [6, 6.07) is 3.72. The molecule has 5 heteroatoms. The van der Waals surface area contributed by atoms with Crippen molar-refractivity contribution in [2.24, 2.45) is 17.8 Å². The lowest BCUT2D eigenvalue weighted by Gasteiger charge is -2.56. The lowest BCUT2D eigenvalue weighted by Crippen LogP contribution is -2.59. The van der Waals surface area contributed by atoms with Gasteiger partial charge in [-0.2, -0.15) is 0 Å². The van der Waals surface area contributed by atoms with E-state index in [1.165, 1.54) is 38.5 Å². The van der Waals surface area contributed by atoms with Crippen LogP contribution < -0.4 is 5.32 Å². The molecule has 120 valence electrons. The van der Waals surface area contributed by atoms with Crippen LogP contribution in [0.2, 0.25) is 0 Å². The zero-order valence-corrected chi connectivity index (χ0v) is 13.5. The monoisotopic (exact) mass is 310 g/mol. The lowest BCUT2D eigenvalue weighted by molar-refractivity contribution is -0.0167. The van der Waals surface area contributed by atoms with E-state index in [9.17, 15) is 4.79 Å². The molecule has 1 amide bonds. The summed E-state index contributed by atoms with van der Waals surface area (Å²) in [6.07, 6.45) is 9.59. The fraction of sp³-hybridized carbons (Fsp3) is 0.611. The number of pyridine rings is 1. The molecule has 2 aromatic heterocycles. The standard InChI is InChI=1S/C18H22N4O/c1-11-20-21-16-7-15(2-3-22(11)16)17(23)19-18-8-12-4-13(9-18)6-14(5-12)10-18/h2-3,7,12-14H,4-6,8-10H2,1H3,(H,19,23). The van der Waals surface area contributed by atoms with Crippen molar-refractivity contribution in [1.29, 1.82) is 0 Å². The van der Waals surface area contributed by atoms with Gasteiger partial charge < -0.3 is 5.32 Å². The molecule has 2 heterocycles. The molecular weight excluding hydrogens is 288 g/mol. The number of hydrogen-bond acceptors (Lipinski definition) is 3. The highest BCUT2D eigenvalue weighted by Gasteiger charge is 2.51. The Balaban J connectivity index is 1.42. The molecule has 0 saturated heterocycles. The highest BCUT2D eigenvalue weighted by Crippen LogP contribution is 2.55. The van der Waals surface area contributed by atoms with E-state index in [0.29, 0.717) is 5.56 Å². The molecule has 4 saturated carbocycles. The van der Waals surface area contributed by atoms with Crippen LogP contribution in [0.25, 0.3) is 5.65 Å². The van der Waals surface area contributed by atoms with Crippen LogP contribution in [-0.4, -0.2) is 26.0 Å². The fourth-order valence-electron chi connectivity index (χ4n) is 5.73. The lowest BCUT2D eigenvalue weighted by atomic mass is 9.53. The van der Waals surface area contributed by atoms with Gasteiger partial charge in [0.25, 0.3) is 5.91 Å². The van der Waals surface area contributed by atoms with E-state index >= 15 is 0 Å². The summed E-state index contributed by atoms with van der Waals surface area (Å²) in [7, 11) is 0. The van der Waals surface area contributed by atoms with Crippen molar-refractivity contribution in [2.45, 2.75) is 51.0 Å². The Hall–Kier alpha value is -1.91. The van der Waals surface area contributed by atoms with E-state index in [4.69, 9.17) is 0 Å². The van der Waals surface area contributed by atoms with Crippen molar-refractivity contribution < 1.29 is 4.79 Å². The Labute approximate surface area is 135 Å². The smallest absolute Gasteiger partial charge is 0.251 e. The summed E-state index contributed by atoms with van der Waals surface area (Å²) in [5, 5.41) is 11.6. The van der Waals surface area contributed by atoms with Gasteiger partial charge in [-0.15, -0.1) is 10.2 Å². The third-order valence-corrected chi connectivity index (χ3v) is 6.26. The second-order valence-corrected chi connectivity index (χ2v) is 8.04. The Kier molecular flexibility index (Phi) is 2.68. The molecule has 4 bridgehead atoms. The van der Waals surface area contributed by atoms with Gasteiger partial charge >= 0.3 is 0 Å². The average molecular weight is 310 g/mol. The van der Waals surface area contributed by atoms with Gasteiger partial charge in [-0.3, -0.25) is 9.20 Å². The quantitative estimate of drug-likeness (QED) is 0.928. The summed E-state index contributed by atoms with van der Waals surface area (Å²) in [5.41, 5.74) is 1.49. The summed E-state index contributed by atoms with van der Waals surface area (Å²) in [5.74, 6) is 3.40. The van der Waals surface area contributed by atoms with Gasteiger partial charge in [0.2, 0.25) is 0 Å². The molecule has 0 aliphatic heterocycles. The van der Waals surface area contributed by atoms with Gasteiger partial charge in [0, 0.05) is 17.3 Å². The molecule has 0 aromatic carbocycles. The summed E-state index contributed by atoms with van der Waals surface area (Å²) < 4.78 is 1.90. The van der Waals surface area contributed by atoms with E-state index in [2.05, 4.69) is 15.5 Å². The normalized spacial score (nSPS) is 34.9. The predicted molar refractivity (Wildman–Crippen MR) is 86.1 cm³/mol. The third kappa shape index (κ3) is 2.09. The second kappa shape index (κ2) is 4.56. The van der Waals surface area contributed by atoms with Crippen LogP contribution in [0.3, 0.4) is 0 Å². The number of aromatic nitrogens is 3. The zero-order valence-electron chi connectivity index (χ0n) is 13.5. The minimum Gasteiger partial charge on any atom is -0.347 e. The maximum absolute atomic E-state index is 12.8. The SMILES string of the molecule is Cc1nnc2cc(C(=O)NC34CC5CC(CC(C5)C3)C4)ccn12. The van der Waals surface area contributed by atoms with Crippen LogP contribution in [0, 0.1) is 24.7 Å². The number of aryl methyl sites for hydroxylation is 1. The van der Waals surface area contributed by atoms with Crippen molar-refractivity contribution in [3.05, 3.63) is 29.7 Å². The predicted octanol–water partition coefficient (Wildman–Crippen LogP) is 2.74. The van der Waals surface area contributed by atoms with Gasteiger partial charge in [0.05, 0.1) is 0 Å². The first-order valence-corrected chi connectivity index (χ1v) is 8.74. The first-order valence-electron chi connectivity index (χ1n) is 8.74. The van der Waals surface area contributed by atoms with Crippen molar-refractivity contribution in [2.75, 3.05) is 0 Å². The molecule has 6 rings (SSSR count). The van der Waals surface area contributed by atoms with Crippen molar-refractivity contribution in [3.63, 3.8) is 0 Å². The number of rotatable bonds is 2. The number of hydrogen-bond donors (Lipinski definition) is 1. The van der Waals surface area contributed by atoms with Crippen LogP contribution in [0.15, 0.2) is 18.3 Å². The number of fused-ring (bicyclic) bond motifs is 1. The molecule has 0 atom stereocenters. The molecule has 5 nitrogen and oxygen atoms in total. The van der Waals surface area contributed by atoms with E-state index in [-0.39, 0.29) is 11.4 Å². The van der Waals surface area contributed by atoms with Gasteiger partial charge in [-0.1, -0.05) is 0 Å². The summed E-state index contributed by atoms with van der Waals surface area (Å²) >= 11 is 0. The average Bonchev–Trinajstić information content (AvgIpc) is 2.86. The molecule has 0 spiro atoms. The first kappa shape index (κ1) is 13.5. The molecular formula is C18H22N4O. The topological polar surface area (TPSA) is 59.3 Å². The molecule has 0 radical (unpaired) electrons. The van der Waals surface area contributed by atoms with Crippen molar-refractivity contribution in [1.82, 2.24) is 19.9 Å². The molecule has 0 unspecified atom stereocenters. The minimum atomic E-state index is 0.0510. The highest BCUT2D eigenvalue weighted by molar-refractivity contribution is 5.95.